The molecule has 2 aromatic heterocycles. The number of para-hydroxylation sites is 1. The Kier molecular flexibility index (Phi) is 5.32. The van der Waals surface area contributed by atoms with Gasteiger partial charge in [0.1, 0.15) is 5.01 Å². The van der Waals surface area contributed by atoms with Gasteiger partial charge in [0.2, 0.25) is 0 Å². The number of hydrogen-bond donors (Lipinski definition) is 0. The highest BCUT2D eigenvalue weighted by Gasteiger charge is 2.14. The number of benzene rings is 2. The molecule has 0 N–H and O–H groups in total. The SMILES string of the molecule is COc1ccc(-c2nc(Cn3nnn(-c4ccccc4Cl)c3=O)cs2)cc1OC. The lowest BCUT2D eigenvalue weighted by atomic mass is 10.2. The molecular formula is C19H16ClN5O3S. The van der Waals surface area contributed by atoms with Crippen molar-refractivity contribution in [1.82, 2.24) is 24.8 Å². The summed E-state index contributed by atoms with van der Waals surface area (Å²) in [5, 5.41) is 11.0. The molecule has 0 aliphatic carbocycles. The van der Waals surface area contributed by atoms with Gasteiger partial charge in [0, 0.05) is 10.9 Å². The van der Waals surface area contributed by atoms with Crippen LogP contribution in [0.25, 0.3) is 16.3 Å². The summed E-state index contributed by atoms with van der Waals surface area (Å²) in [5.41, 5.74) is 1.69. The maximum atomic E-state index is 12.6. The van der Waals surface area contributed by atoms with Crippen LogP contribution >= 0.6 is 22.9 Å². The number of tetrazole rings is 1. The Bertz CT molecular complexity index is 1220. The van der Waals surface area contributed by atoms with Gasteiger partial charge in [-0.05, 0) is 40.8 Å². The molecule has 0 radical (unpaired) electrons. The van der Waals surface area contributed by atoms with Gasteiger partial charge in [0.05, 0.1) is 37.2 Å². The largest absolute Gasteiger partial charge is 0.493 e. The van der Waals surface area contributed by atoms with Crippen LogP contribution in [0, 0.1) is 0 Å². The van der Waals surface area contributed by atoms with E-state index in [0.717, 1.165) is 10.6 Å². The lowest BCUT2D eigenvalue weighted by Crippen LogP contribution is -2.25. The highest BCUT2D eigenvalue weighted by atomic mass is 35.5. The summed E-state index contributed by atoms with van der Waals surface area (Å²) in [7, 11) is 3.18. The summed E-state index contributed by atoms with van der Waals surface area (Å²) < 4.78 is 13.0. The van der Waals surface area contributed by atoms with Gasteiger partial charge >= 0.3 is 5.69 Å². The number of thiazole rings is 1. The average molecular weight is 430 g/mol. The lowest BCUT2D eigenvalue weighted by molar-refractivity contribution is 0.355. The van der Waals surface area contributed by atoms with Crippen molar-refractivity contribution in [1.29, 1.82) is 0 Å². The molecule has 0 atom stereocenters. The molecule has 0 bridgehead atoms. The monoisotopic (exact) mass is 429 g/mol. The van der Waals surface area contributed by atoms with Crippen molar-refractivity contribution in [2.45, 2.75) is 6.54 Å². The zero-order chi connectivity index (χ0) is 20.4. The van der Waals surface area contributed by atoms with Crippen LogP contribution < -0.4 is 15.2 Å². The van der Waals surface area contributed by atoms with E-state index in [1.54, 1.807) is 38.5 Å². The quantitative estimate of drug-likeness (QED) is 0.467. The van der Waals surface area contributed by atoms with Crippen molar-refractivity contribution in [3.05, 3.63) is 69.0 Å². The summed E-state index contributed by atoms with van der Waals surface area (Å²) in [6, 6.07) is 12.6. The second-order valence-corrected chi connectivity index (χ2v) is 7.26. The predicted octanol–water partition coefficient (Wildman–Crippen LogP) is 3.27. The molecule has 0 spiro atoms. The summed E-state index contributed by atoms with van der Waals surface area (Å²) in [6.45, 7) is 0.201. The van der Waals surface area contributed by atoms with Crippen molar-refractivity contribution < 1.29 is 9.47 Å². The van der Waals surface area contributed by atoms with E-state index in [-0.39, 0.29) is 6.54 Å². The van der Waals surface area contributed by atoms with Gasteiger partial charge < -0.3 is 9.47 Å². The highest BCUT2D eigenvalue weighted by molar-refractivity contribution is 7.13. The summed E-state index contributed by atoms with van der Waals surface area (Å²) >= 11 is 7.62. The molecule has 4 aromatic rings. The second kappa shape index (κ2) is 8.06. The summed E-state index contributed by atoms with van der Waals surface area (Å²) in [4.78, 5) is 17.3. The number of hydrogen-bond acceptors (Lipinski definition) is 7. The van der Waals surface area contributed by atoms with Gasteiger partial charge in [0.25, 0.3) is 0 Å². The van der Waals surface area contributed by atoms with E-state index < -0.39 is 5.69 Å². The van der Waals surface area contributed by atoms with Crippen molar-refractivity contribution in [2.24, 2.45) is 0 Å². The zero-order valence-electron chi connectivity index (χ0n) is 15.6. The summed E-state index contributed by atoms with van der Waals surface area (Å²) in [5.74, 6) is 1.27. The first-order chi connectivity index (χ1) is 14.1. The number of ether oxygens (including phenoxy) is 2. The smallest absolute Gasteiger partial charge is 0.368 e. The molecule has 148 valence electrons. The highest BCUT2D eigenvalue weighted by Crippen LogP contribution is 2.33. The van der Waals surface area contributed by atoms with Crippen LogP contribution in [0.4, 0.5) is 0 Å². The topological polar surface area (TPSA) is 84.1 Å². The van der Waals surface area contributed by atoms with E-state index in [4.69, 9.17) is 21.1 Å². The molecule has 0 unspecified atom stereocenters. The molecule has 0 fully saturated rings. The maximum Gasteiger partial charge on any atom is 0.368 e. The Morgan fingerprint density at radius 3 is 2.62 bits per heavy atom. The van der Waals surface area contributed by atoms with E-state index in [2.05, 4.69) is 15.4 Å². The van der Waals surface area contributed by atoms with E-state index in [1.807, 2.05) is 23.6 Å². The minimum Gasteiger partial charge on any atom is -0.493 e. The first-order valence-electron chi connectivity index (χ1n) is 8.55. The van der Waals surface area contributed by atoms with E-state index in [9.17, 15) is 4.79 Å². The van der Waals surface area contributed by atoms with Crippen LogP contribution in [0.15, 0.2) is 52.6 Å². The van der Waals surface area contributed by atoms with E-state index in [0.29, 0.717) is 27.9 Å². The molecule has 0 aliphatic rings. The minimum absolute atomic E-state index is 0.201. The molecule has 0 aliphatic heterocycles. The molecule has 10 heteroatoms. The van der Waals surface area contributed by atoms with E-state index in [1.165, 1.54) is 20.7 Å². The normalized spacial score (nSPS) is 10.9. The number of nitrogens with zero attached hydrogens (tertiary/aromatic N) is 5. The molecule has 2 aromatic carbocycles. The fourth-order valence-electron chi connectivity index (χ4n) is 2.78. The van der Waals surface area contributed by atoms with Crippen molar-refractivity contribution in [3.8, 4) is 27.8 Å². The van der Waals surface area contributed by atoms with Crippen molar-refractivity contribution >= 4 is 22.9 Å². The first-order valence-corrected chi connectivity index (χ1v) is 9.81. The van der Waals surface area contributed by atoms with Gasteiger partial charge in [-0.1, -0.05) is 23.7 Å². The number of halogens is 1. The number of rotatable bonds is 6. The lowest BCUT2D eigenvalue weighted by Gasteiger charge is -2.08. The molecule has 0 amide bonds. The Hall–Kier alpha value is -3.17. The standard InChI is InChI=1S/C19H16ClN5O3S/c1-27-16-8-7-12(9-17(16)28-2)18-21-13(11-29-18)10-24-19(26)25(23-22-24)15-6-4-3-5-14(15)20/h3-9,11H,10H2,1-2H3. The molecule has 2 heterocycles. The van der Waals surface area contributed by atoms with Crippen molar-refractivity contribution in [3.63, 3.8) is 0 Å². The summed E-state index contributed by atoms with van der Waals surface area (Å²) in [6.07, 6.45) is 0. The molecular weight excluding hydrogens is 414 g/mol. The third-order valence-electron chi connectivity index (χ3n) is 4.21. The minimum atomic E-state index is -0.390. The third-order valence-corrected chi connectivity index (χ3v) is 5.47. The Labute approximate surface area is 174 Å². The Balaban J connectivity index is 1.59. The zero-order valence-corrected chi connectivity index (χ0v) is 17.1. The second-order valence-electron chi connectivity index (χ2n) is 6.00. The van der Waals surface area contributed by atoms with Crippen LogP contribution in [-0.2, 0) is 6.54 Å². The Morgan fingerprint density at radius 2 is 1.86 bits per heavy atom. The molecule has 0 saturated carbocycles. The molecule has 0 saturated heterocycles. The number of methoxy groups -OCH3 is 2. The predicted molar refractivity (Wildman–Crippen MR) is 110 cm³/mol. The van der Waals surface area contributed by atoms with Gasteiger partial charge in [-0.2, -0.15) is 9.36 Å². The first kappa shape index (κ1) is 19.2. The van der Waals surface area contributed by atoms with Crippen LogP contribution in [0.3, 0.4) is 0 Å². The Morgan fingerprint density at radius 1 is 1.07 bits per heavy atom. The van der Waals surface area contributed by atoms with Crippen LogP contribution in [0.1, 0.15) is 5.69 Å². The third kappa shape index (κ3) is 3.74. The van der Waals surface area contributed by atoms with Gasteiger partial charge in [-0.25, -0.2) is 9.78 Å². The van der Waals surface area contributed by atoms with Gasteiger partial charge in [0.15, 0.2) is 11.5 Å². The van der Waals surface area contributed by atoms with Crippen LogP contribution in [0.2, 0.25) is 5.02 Å². The van der Waals surface area contributed by atoms with Crippen molar-refractivity contribution in [2.75, 3.05) is 14.2 Å². The maximum absolute atomic E-state index is 12.6. The van der Waals surface area contributed by atoms with E-state index >= 15 is 0 Å². The van der Waals surface area contributed by atoms with Crippen LogP contribution in [0.5, 0.6) is 11.5 Å². The number of aromatic nitrogens is 5. The molecule has 29 heavy (non-hydrogen) atoms. The molecule has 4 rings (SSSR count). The van der Waals surface area contributed by atoms with Gasteiger partial charge in [-0.15, -0.1) is 11.3 Å². The fraction of sp³-hybridized carbons (Fsp3) is 0.158. The fourth-order valence-corrected chi connectivity index (χ4v) is 3.81. The average Bonchev–Trinajstić information content (AvgIpc) is 3.35. The van der Waals surface area contributed by atoms with Crippen LogP contribution in [-0.4, -0.2) is 39.0 Å². The molecule has 8 nitrogen and oxygen atoms in total. The van der Waals surface area contributed by atoms with Gasteiger partial charge in [-0.3, -0.25) is 0 Å².